The molecular weight excluding hydrogens is 412 g/mol. The molecule has 1 aromatic heterocycles. The van der Waals surface area contributed by atoms with Crippen LogP contribution in [0.3, 0.4) is 0 Å². The molecule has 0 radical (unpaired) electrons. The largest absolute Gasteiger partial charge is 0.497 e. The summed E-state index contributed by atoms with van der Waals surface area (Å²) >= 11 is 1.32. The predicted octanol–water partition coefficient (Wildman–Crippen LogP) is 4.83. The van der Waals surface area contributed by atoms with Crippen molar-refractivity contribution in [2.45, 2.75) is 29.7 Å². The molecule has 1 unspecified atom stereocenters. The van der Waals surface area contributed by atoms with Gasteiger partial charge in [-0.25, -0.2) is 4.98 Å². The number of benzene rings is 2. The van der Waals surface area contributed by atoms with Gasteiger partial charge in [0, 0.05) is 23.4 Å². The van der Waals surface area contributed by atoms with Crippen LogP contribution < -0.4 is 19.8 Å². The lowest BCUT2D eigenvalue weighted by molar-refractivity contribution is 0.234. The summed E-state index contributed by atoms with van der Waals surface area (Å²) in [7, 11) is 3.23. The summed E-state index contributed by atoms with van der Waals surface area (Å²) in [6, 6.07) is 13.1. The minimum atomic E-state index is -0.193. The second-order valence-electron chi connectivity index (χ2n) is 7.65. The Morgan fingerprint density at radius 1 is 1.10 bits per heavy atom. The lowest BCUT2D eigenvalue weighted by Crippen LogP contribution is -2.20. The minimum absolute atomic E-state index is 0.193. The Kier molecular flexibility index (Phi) is 6.51. The molecule has 2 aromatic carbocycles. The Hall–Kier alpha value is -2.93. The molecule has 0 N–H and O–H groups in total. The standard InChI is InChI=1S/C24H26N2O4S/c1-16(17-4-5-17)15-30-21-11-6-18(14-22(21)29-3)26-13-12-25-23(24(26)27)31-20-9-7-19(28-2)8-10-20/h6-14,16-17H,4-5,15H2,1-3H3. The predicted molar refractivity (Wildman–Crippen MR) is 121 cm³/mol. The quantitative estimate of drug-likeness (QED) is 0.477. The minimum Gasteiger partial charge on any atom is -0.497 e. The second-order valence-corrected chi connectivity index (χ2v) is 8.71. The first-order chi connectivity index (χ1) is 15.1. The molecule has 1 fully saturated rings. The van der Waals surface area contributed by atoms with Crippen molar-refractivity contribution in [3.63, 3.8) is 0 Å². The molecule has 0 bridgehead atoms. The monoisotopic (exact) mass is 438 g/mol. The van der Waals surface area contributed by atoms with Crippen molar-refractivity contribution >= 4 is 11.8 Å². The number of methoxy groups -OCH3 is 2. The van der Waals surface area contributed by atoms with Crippen LogP contribution in [0.4, 0.5) is 0 Å². The van der Waals surface area contributed by atoms with Crippen LogP contribution in [0, 0.1) is 11.8 Å². The van der Waals surface area contributed by atoms with Crippen LogP contribution in [0.5, 0.6) is 17.2 Å². The third kappa shape index (κ3) is 5.05. The van der Waals surface area contributed by atoms with Crippen molar-refractivity contribution in [2.24, 2.45) is 11.8 Å². The van der Waals surface area contributed by atoms with Crippen molar-refractivity contribution in [2.75, 3.05) is 20.8 Å². The van der Waals surface area contributed by atoms with E-state index in [4.69, 9.17) is 14.2 Å². The van der Waals surface area contributed by atoms with E-state index in [1.54, 1.807) is 31.2 Å². The van der Waals surface area contributed by atoms with Crippen molar-refractivity contribution in [1.82, 2.24) is 9.55 Å². The maximum absolute atomic E-state index is 13.1. The first kappa shape index (κ1) is 21.3. The van der Waals surface area contributed by atoms with Gasteiger partial charge in [0.25, 0.3) is 5.56 Å². The smallest absolute Gasteiger partial charge is 0.287 e. The molecular formula is C24H26N2O4S. The maximum atomic E-state index is 13.1. The third-order valence-corrected chi connectivity index (χ3v) is 6.42. The average molecular weight is 439 g/mol. The summed E-state index contributed by atoms with van der Waals surface area (Å²) < 4.78 is 18.3. The van der Waals surface area contributed by atoms with Gasteiger partial charge in [-0.1, -0.05) is 18.7 Å². The Morgan fingerprint density at radius 3 is 2.55 bits per heavy atom. The van der Waals surface area contributed by atoms with E-state index in [1.165, 1.54) is 24.6 Å². The number of hydrogen-bond donors (Lipinski definition) is 0. The highest BCUT2D eigenvalue weighted by Gasteiger charge is 2.28. The summed E-state index contributed by atoms with van der Waals surface area (Å²) in [6.07, 6.45) is 5.87. The fraction of sp³-hybridized carbons (Fsp3) is 0.333. The van der Waals surface area contributed by atoms with Crippen LogP contribution in [0.2, 0.25) is 0 Å². The van der Waals surface area contributed by atoms with Gasteiger partial charge in [0.15, 0.2) is 16.5 Å². The fourth-order valence-electron chi connectivity index (χ4n) is 3.37. The zero-order chi connectivity index (χ0) is 21.8. The number of hydrogen-bond acceptors (Lipinski definition) is 6. The highest BCUT2D eigenvalue weighted by Crippen LogP contribution is 2.37. The van der Waals surface area contributed by atoms with Gasteiger partial charge in [0.1, 0.15) is 5.75 Å². The van der Waals surface area contributed by atoms with Crippen LogP contribution in [0.25, 0.3) is 5.69 Å². The molecule has 0 saturated heterocycles. The van der Waals surface area contributed by atoms with E-state index < -0.39 is 0 Å². The van der Waals surface area contributed by atoms with E-state index in [-0.39, 0.29) is 5.56 Å². The molecule has 7 heteroatoms. The lowest BCUT2D eigenvalue weighted by atomic mass is 10.1. The molecule has 31 heavy (non-hydrogen) atoms. The number of aromatic nitrogens is 2. The van der Waals surface area contributed by atoms with Gasteiger partial charge in [0.05, 0.1) is 26.5 Å². The molecule has 0 aliphatic heterocycles. The Balaban J connectivity index is 1.55. The second kappa shape index (κ2) is 9.47. The molecule has 6 nitrogen and oxygen atoms in total. The lowest BCUT2D eigenvalue weighted by Gasteiger charge is -2.16. The molecule has 0 amide bonds. The van der Waals surface area contributed by atoms with Crippen LogP contribution in [0.15, 0.2) is 69.6 Å². The van der Waals surface area contributed by atoms with Crippen LogP contribution >= 0.6 is 11.8 Å². The van der Waals surface area contributed by atoms with Gasteiger partial charge in [-0.15, -0.1) is 0 Å². The number of rotatable bonds is 9. The van der Waals surface area contributed by atoms with Crippen molar-refractivity contribution < 1.29 is 14.2 Å². The highest BCUT2D eigenvalue weighted by atomic mass is 32.2. The summed E-state index contributed by atoms with van der Waals surface area (Å²) in [5.74, 6) is 3.37. The molecule has 1 heterocycles. The topological polar surface area (TPSA) is 62.6 Å². The van der Waals surface area contributed by atoms with Gasteiger partial charge in [0.2, 0.25) is 0 Å². The van der Waals surface area contributed by atoms with Gasteiger partial charge >= 0.3 is 0 Å². The summed E-state index contributed by atoms with van der Waals surface area (Å²) in [5, 5.41) is 0.394. The zero-order valence-corrected chi connectivity index (χ0v) is 18.7. The molecule has 1 aliphatic rings. The van der Waals surface area contributed by atoms with Gasteiger partial charge in [-0.2, -0.15) is 0 Å². The first-order valence-electron chi connectivity index (χ1n) is 10.3. The first-order valence-corrected chi connectivity index (χ1v) is 11.1. The van der Waals surface area contributed by atoms with E-state index in [1.807, 2.05) is 42.5 Å². The maximum Gasteiger partial charge on any atom is 0.287 e. The van der Waals surface area contributed by atoms with Crippen molar-refractivity contribution in [3.05, 3.63) is 65.2 Å². The SMILES string of the molecule is COc1ccc(Sc2nccn(-c3ccc(OCC(C)C4CC4)c(OC)c3)c2=O)cc1. The molecule has 162 valence electrons. The molecule has 0 spiro atoms. The number of nitrogens with zero attached hydrogens (tertiary/aromatic N) is 2. The Labute approximate surface area is 186 Å². The molecule has 1 atom stereocenters. The highest BCUT2D eigenvalue weighted by molar-refractivity contribution is 7.99. The normalized spacial score (nSPS) is 14.2. The van der Waals surface area contributed by atoms with E-state index in [9.17, 15) is 4.79 Å². The summed E-state index contributed by atoms with van der Waals surface area (Å²) in [4.78, 5) is 18.2. The Bertz CT molecular complexity index is 1090. The molecule has 1 saturated carbocycles. The molecule has 4 rings (SSSR count). The van der Waals surface area contributed by atoms with E-state index in [2.05, 4.69) is 11.9 Å². The zero-order valence-electron chi connectivity index (χ0n) is 17.9. The van der Waals surface area contributed by atoms with Gasteiger partial charge in [-0.05, 0) is 61.1 Å². The number of ether oxygens (including phenoxy) is 3. The third-order valence-electron chi connectivity index (χ3n) is 5.44. The van der Waals surface area contributed by atoms with Crippen molar-refractivity contribution in [3.8, 4) is 22.9 Å². The van der Waals surface area contributed by atoms with E-state index >= 15 is 0 Å². The fourth-order valence-corrected chi connectivity index (χ4v) is 4.16. The molecule has 3 aromatic rings. The van der Waals surface area contributed by atoms with E-state index in [0.29, 0.717) is 34.7 Å². The molecule has 1 aliphatic carbocycles. The van der Waals surface area contributed by atoms with Crippen LogP contribution in [-0.2, 0) is 0 Å². The van der Waals surface area contributed by atoms with E-state index in [0.717, 1.165) is 16.6 Å². The summed E-state index contributed by atoms with van der Waals surface area (Å²) in [6.45, 7) is 2.88. The Morgan fingerprint density at radius 2 is 1.87 bits per heavy atom. The van der Waals surface area contributed by atoms with Crippen LogP contribution in [0.1, 0.15) is 19.8 Å². The van der Waals surface area contributed by atoms with Gasteiger partial charge < -0.3 is 14.2 Å². The van der Waals surface area contributed by atoms with Crippen molar-refractivity contribution in [1.29, 1.82) is 0 Å². The van der Waals surface area contributed by atoms with Gasteiger partial charge in [-0.3, -0.25) is 9.36 Å². The van der Waals surface area contributed by atoms with Crippen LogP contribution in [-0.4, -0.2) is 30.4 Å². The average Bonchev–Trinajstić information content (AvgIpc) is 3.65. The summed E-state index contributed by atoms with van der Waals surface area (Å²) in [5.41, 5.74) is 0.504.